The maximum atomic E-state index is 12.7. The molecule has 16 heteroatoms. The van der Waals surface area contributed by atoms with Crippen LogP contribution in [0, 0.1) is 5.92 Å². The summed E-state index contributed by atoms with van der Waals surface area (Å²) in [4.78, 5) is 52.7. The van der Waals surface area contributed by atoms with Gasteiger partial charge in [-0.05, 0) is 57.3 Å². The number of hydrogen-bond donors (Lipinski definition) is 4. The topological polar surface area (TPSA) is 208 Å². The summed E-state index contributed by atoms with van der Waals surface area (Å²) in [5, 5.41) is 9.75. The van der Waals surface area contributed by atoms with Crippen LogP contribution in [0.2, 0.25) is 0 Å². The molecule has 0 amide bonds. The van der Waals surface area contributed by atoms with Crippen LogP contribution in [0.1, 0.15) is 156 Å². The third-order valence-corrected chi connectivity index (χ3v) is 10.9. The Balaban J connectivity index is 2.38. The van der Waals surface area contributed by atoms with Crippen molar-refractivity contribution in [2.75, 3.05) is 26.4 Å². The normalized spacial score (nSPS) is 18.0. The molecule has 4 N–H and O–H groups in total. The Labute approximate surface area is 366 Å². The van der Waals surface area contributed by atoms with E-state index in [1.165, 1.54) is 44.9 Å². The Morgan fingerprint density at radius 3 is 1.66 bits per heavy atom. The number of phosphoric ester groups is 2. The molecule has 3 unspecified atom stereocenters. The quantitative estimate of drug-likeness (QED) is 0.0148. The van der Waals surface area contributed by atoms with E-state index in [4.69, 9.17) is 28.5 Å². The van der Waals surface area contributed by atoms with Crippen molar-refractivity contribution in [3.8, 4) is 0 Å². The van der Waals surface area contributed by atoms with Crippen LogP contribution in [0.3, 0.4) is 0 Å². The lowest BCUT2D eigenvalue weighted by Crippen LogP contribution is -2.29. The summed E-state index contributed by atoms with van der Waals surface area (Å²) in [5.74, 6) is -0.360. The van der Waals surface area contributed by atoms with Crippen LogP contribution in [0.5, 0.6) is 0 Å². The molecule has 1 aliphatic rings. The molecule has 5 atom stereocenters. The van der Waals surface area contributed by atoms with Crippen molar-refractivity contribution in [3.05, 3.63) is 60.8 Å². The largest absolute Gasteiger partial charge is 0.472 e. The first-order valence-corrected chi connectivity index (χ1v) is 25.5. The molecule has 14 nitrogen and oxygen atoms in total. The highest BCUT2D eigenvalue weighted by Crippen LogP contribution is 2.44. The molecule has 0 radical (unpaired) electrons. The number of esters is 2. The van der Waals surface area contributed by atoms with Gasteiger partial charge in [0.2, 0.25) is 0 Å². The molecule has 0 aromatic heterocycles. The van der Waals surface area contributed by atoms with E-state index >= 15 is 0 Å². The molecule has 0 saturated carbocycles. The Hall–Kier alpha value is -2.22. The van der Waals surface area contributed by atoms with E-state index in [0.29, 0.717) is 31.5 Å². The molecule has 1 rings (SSSR count). The van der Waals surface area contributed by atoms with E-state index in [1.807, 2.05) is 18.2 Å². The van der Waals surface area contributed by atoms with Gasteiger partial charge in [-0.15, -0.1) is 0 Å². The lowest BCUT2D eigenvalue weighted by molar-refractivity contribution is -0.161. The fraction of sp³-hybridized carbons (Fsp3) is 0.733. The van der Waals surface area contributed by atoms with Gasteiger partial charge in [0.25, 0.3) is 0 Å². The smallest absolute Gasteiger partial charge is 0.462 e. The molecule has 0 aromatic rings. The van der Waals surface area contributed by atoms with E-state index in [2.05, 4.69) is 72.4 Å². The highest BCUT2D eigenvalue weighted by atomic mass is 31.2. The Bertz CT molecular complexity index is 1390. The third kappa shape index (κ3) is 38.0. The summed E-state index contributed by atoms with van der Waals surface area (Å²) in [5.41, 5.74) is 0. The Kier molecular flexibility index (Phi) is 33.7. The molecule has 1 aliphatic heterocycles. The lowest BCUT2D eigenvalue weighted by Gasteiger charge is -2.20. The van der Waals surface area contributed by atoms with Gasteiger partial charge in [-0.3, -0.25) is 23.2 Å². The molecule has 1 fully saturated rings. The predicted molar refractivity (Wildman–Crippen MR) is 238 cm³/mol. The van der Waals surface area contributed by atoms with Crippen LogP contribution < -0.4 is 0 Å². The maximum Gasteiger partial charge on any atom is 0.472 e. The fourth-order valence-corrected chi connectivity index (χ4v) is 7.17. The van der Waals surface area contributed by atoms with E-state index in [1.54, 1.807) is 0 Å². The van der Waals surface area contributed by atoms with Gasteiger partial charge in [0.05, 0.1) is 32.0 Å². The zero-order valence-electron chi connectivity index (χ0n) is 37.1. The summed E-state index contributed by atoms with van der Waals surface area (Å²) < 4.78 is 53.4. The van der Waals surface area contributed by atoms with Gasteiger partial charge in [-0.2, -0.15) is 0 Å². The number of allylic oxidation sites excluding steroid dienone is 8. The van der Waals surface area contributed by atoms with Crippen molar-refractivity contribution in [1.29, 1.82) is 0 Å². The first-order valence-electron chi connectivity index (χ1n) is 22.5. The molecule has 61 heavy (non-hydrogen) atoms. The van der Waals surface area contributed by atoms with Crippen LogP contribution >= 0.6 is 15.6 Å². The summed E-state index contributed by atoms with van der Waals surface area (Å²) >= 11 is 0. The first-order chi connectivity index (χ1) is 29.2. The van der Waals surface area contributed by atoms with E-state index in [0.717, 1.165) is 63.7 Å². The minimum Gasteiger partial charge on any atom is -0.462 e. The van der Waals surface area contributed by atoms with Gasteiger partial charge in [0, 0.05) is 12.8 Å². The molecule has 1 saturated heterocycles. The molecular formula is C45H78O14P2. The number of hydrogen-bond acceptors (Lipinski definition) is 11. The number of epoxide rings is 1. The SMILES string of the molecule is CC/C=C\CC1OC1C/C=C\C/C=C\C/C=C\C/C=C\CCC(=O)OC[C@H](COP(=O)(O)OC[C@@H](O)COP(=O)(O)O)OC(=O)CCCCCCCCCCCCCC(C)C. The van der Waals surface area contributed by atoms with Gasteiger partial charge in [0.1, 0.15) is 12.7 Å². The average Bonchev–Trinajstić information content (AvgIpc) is 3.96. The van der Waals surface area contributed by atoms with Crippen LogP contribution in [0.4, 0.5) is 0 Å². The van der Waals surface area contributed by atoms with Crippen molar-refractivity contribution in [2.45, 2.75) is 180 Å². The van der Waals surface area contributed by atoms with Gasteiger partial charge >= 0.3 is 27.6 Å². The number of aliphatic hydroxyl groups excluding tert-OH is 1. The van der Waals surface area contributed by atoms with Crippen molar-refractivity contribution < 1.29 is 66.3 Å². The number of rotatable bonds is 40. The van der Waals surface area contributed by atoms with Crippen molar-refractivity contribution in [3.63, 3.8) is 0 Å². The molecule has 352 valence electrons. The summed E-state index contributed by atoms with van der Waals surface area (Å²) in [6.07, 6.45) is 38.5. The second kappa shape index (κ2) is 36.2. The second-order valence-electron chi connectivity index (χ2n) is 15.8. The summed E-state index contributed by atoms with van der Waals surface area (Å²) in [7, 11) is -9.70. The van der Waals surface area contributed by atoms with E-state index in [9.17, 15) is 28.7 Å². The molecule has 0 aromatic carbocycles. The molecule has 1 heterocycles. The third-order valence-electron chi connectivity index (χ3n) is 9.50. The minimum absolute atomic E-state index is 0.0654. The number of unbranched alkanes of at least 4 members (excludes halogenated alkanes) is 10. The number of carbonyl (C=O) groups is 2. The Morgan fingerprint density at radius 1 is 0.607 bits per heavy atom. The number of aliphatic hydroxyl groups is 1. The molecular weight excluding hydrogens is 826 g/mol. The Morgan fingerprint density at radius 2 is 1.10 bits per heavy atom. The van der Waals surface area contributed by atoms with Crippen LogP contribution in [-0.4, -0.2) is 82.6 Å². The summed E-state index contributed by atoms with van der Waals surface area (Å²) in [6, 6.07) is 0. The van der Waals surface area contributed by atoms with Crippen molar-refractivity contribution in [2.24, 2.45) is 5.92 Å². The zero-order chi connectivity index (χ0) is 45.0. The highest BCUT2D eigenvalue weighted by Gasteiger charge is 2.36. The van der Waals surface area contributed by atoms with Crippen LogP contribution in [0.15, 0.2) is 60.8 Å². The fourth-order valence-electron chi connectivity index (χ4n) is 6.01. The molecule has 0 spiro atoms. The number of carbonyl (C=O) groups excluding carboxylic acids is 2. The number of phosphoric acid groups is 2. The minimum atomic E-state index is -4.87. The standard InChI is InChI=1S/C45H78O14P2/c1-4-5-25-31-42-43(59-42)32-27-22-18-14-10-6-7-11-15-19-23-28-33-44(47)54-37-41(38-57-61(52,53)56-36-40(46)35-55-60(49,50)51)58-45(48)34-29-24-20-16-12-8-9-13-17-21-26-30-39(2)3/h5,7,10-11,14,19,22-23,25,27,39-43,46H,4,6,8-9,12-13,15-18,20-21,24,26,28-38H2,1-3H3,(H,52,53)(H2,49,50,51)/b11-7-,14-10-,23-19-,25-5-,27-22-/t40-,41+,42?,43?/m0/s1. The monoisotopic (exact) mass is 904 g/mol. The summed E-state index contributed by atoms with van der Waals surface area (Å²) in [6.45, 7) is 3.85. The average molecular weight is 905 g/mol. The van der Waals surface area contributed by atoms with Gasteiger partial charge < -0.3 is 34.0 Å². The number of ether oxygens (including phenoxy) is 3. The van der Waals surface area contributed by atoms with Gasteiger partial charge in [-0.25, -0.2) is 9.13 Å². The van der Waals surface area contributed by atoms with E-state index in [-0.39, 0.29) is 12.8 Å². The van der Waals surface area contributed by atoms with Crippen LogP contribution in [-0.2, 0) is 46.5 Å². The first kappa shape index (κ1) is 56.8. The van der Waals surface area contributed by atoms with Gasteiger partial charge in [-0.1, -0.05) is 152 Å². The van der Waals surface area contributed by atoms with Crippen molar-refractivity contribution in [1.82, 2.24) is 0 Å². The molecule has 0 bridgehead atoms. The van der Waals surface area contributed by atoms with Gasteiger partial charge in [0.15, 0.2) is 6.10 Å². The highest BCUT2D eigenvalue weighted by molar-refractivity contribution is 7.47. The predicted octanol–water partition coefficient (Wildman–Crippen LogP) is 10.5. The van der Waals surface area contributed by atoms with Crippen LogP contribution in [0.25, 0.3) is 0 Å². The van der Waals surface area contributed by atoms with Crippen molar-refractivity contribution >= 4 is 27.6 Å². The lowest BCUT2D eigenvalue weighted by atomic mass is 10.0. The molecule has 0 aliphatic carbocycles. The van der Waals surface area contributed by atoms with E-state index < -0.39 is 66.2 Å². The zero-order valence-corrected chi connectivity index (χ0v) is 38.9. The maximum absolute atomic E-state index is 12.7. The second-order valence-corrected chi connectivity index (χ2v) is 18.5.